The van der Waals surface area contributed by atoms with Crippen LogP contribution in [0.4, 0.5) is 36.8 Å². The minimum Gasteiger partial charge on any atom is -0.391 e. The molecule has 0 bridgehead atoms. The van der Waals surface area contributed by atoms with Gasteiger partial charge in [0.2, 0.25) is 0 Å². The summed E-state index contributed by atoms with van der Waals surface area (Å²) in [4.78, 5) is 13.8. The van der Waals surface area contributed by atoms with Crippen molar-refractivity contribution in [2.45, 2.75) is 50.6 Å². The minimum absolute atomic E-state index is 0.0834. The minimum atomic E-state index is -4.93. The molecule has 3 heterocycles. The molecule has 0 radical (unpaired) electrons. The van der Waals surface area contributed by atoms with Crippen LogP contribution in [0.1, 0.15) is 35.4 Å². The molecular formula is C19H18F6N4O2. The molecule has 1 atom stereocenters. The van der Waals surface area contributed by atoms with E-state index in [2.05, 4.69) is 10.4 Å². The zero-order valence-electron chi connectivity index (χ0n) is 16.0. The molecule has 0 saturated heterocycles. The van der Waals surface area contributed by atoms with Gasteiger partial charge in [-0.05, 0) is 24.6 Å². The molecule has 2 amide bonds. The first-order valence-corrected chi connectivity index (χ1v) is 9.53. The van der Waals surface area contributed by atoms with E-state index in [1.54, 1.807) is 0 Å². The summed E-state index contributed by atoms with van der Waals surface area (Å²) in [6.07, 6.45) is -6.38. The number of hydrogen-bond donors (Lipinski definition) is 2. The Labute approximate surface area is 172 Å². The lowest BCUT2D eigenvalue weighted by molar-refractivity contribution is -0.139. The summed E-state index contributed by atoms with van der Waals surface area (Å²) in [5.74, 6) is -4.71. The summed E-state index contributed by atoms with van der Waals surface area (Å²) in [6, 6.07) is 1.25. The van der Waals surface area contributed by atoms with Gasteiger partial charge in [0.15, 0.2) is 0 Å². The van der Waals surface area contributed by atoms with E-state index in [0.29, 0.717) is 17.8 Å². The van der Waals surface area contributed by atoms with E-state index in [9.17, 15) is 36.2 Å². The van der Waals surface area contributed by atoms with Gasteiger partial charge in [-0.1, -0.05) is 0 Å². The van der Waals surface area contributed by atoms with Crippen molar-refractivity contribution in [3.05, 3.63) is 46.5 Å². The molecule has 1 aromatic heterocycles. The number of urea groups is 1. The summed E-state index contributed by atoms with van der Waals surface area (Å²) in [6.45, 7) is -0.188. The Kier molecular flexibility index (Phi) is 5.15. The Morgan fingerprint density at radius 1 is 1.29 bits per heavy atom. The number of alkyl halides is 5. The summed E-state index contributed by atoms with van der Waals surface area (Å²) in [5.41, 5.74) is -1.57. The van der Waals surface area contributed by atoms with Crippen LogP contribution >= 0.6 is 0 Å². The molecule has 1 aromatic carbocycles. The second kappa shape index (κ2) is 7.43. The maximum Gasteiger partial charge on any atom is 0.419 e. The van der Waals surface area contributed by atoms with Crippen LogP contribution in [-0.2, 0) is 31.6 Å². The number of carbonyl (C=O) groups is 1. The van der Waals surface area contributed by atoms with Crippen molar-refractivity contribution in [1.29, 1.82) is 0 Å². The summed E-state index contributed by atoms with van der Waals surface area (Å²) in [5, 5.41) is 16.3. The molecule has 31 heavy (non-hydrogen) atoms. The fourth-order valence-electron chi connectivity index (χ4n) is 3.92. The SMILES string of the molecule is O=C(Nc1ccc(F)c(C(F)(F)F)c1)N1CCc2nn3c(c2C1)C(F)(F)CCC(O)C3. The Morgan fingerprint density at radius 2 is 2.03 bits per heavy atom. The molecule has 168 valence electrons. The first-order valence-electron chi connectivity index (χ1n) is 9.53. The standard InChI is InChI=1S/C19H18F6N4O2/c20-14-2-1-10(7-13(14)19(23,24)25)26-17(31)28-6-4-15-12(9-28)16-18(21,22)5-3-11(30)8-29(16)27-15/h1-2,7,11,30H,3-6,8-9H2,(H,26,31). The van der Waals surface area contributed by atoms with Crippen LogP contribution < -0.4 is 5.32 Å². The van der Waals surface area contributed by atoms with Crippen LogP contribution in [0.3, 0.4) is 0 Å². The third kappa shape index (κ3) is 4.08. The number of aliphatic hydroxyl groups is 1. The normalized spacial score (nSPS) is 20.6. The summed E-state index contributed by atoms with van der Waals surface area (Å²) >= 11 is 0. The van der Waals surface area contributed by atoms with Crippen LogP contribution in [-0.4, -0.2) is 38.5 Å². The number of nitrogens with zero attached hydrogens (tertiary/aromatic N) is 3. The highest BCUT2D eigenvalue weighted by atomic mass is 19.4. The van der Waals surface area contributed by atoms with Crippen molar-refractivity contribution in [2.75, 3.05) is 11.9 Å². The van der Waals surface area contributed by atoms with Crippen molar-refractivity contribution >= 4 is 11.7 Å². The topological polar surface area (TPSA) is 70.4 Å². The van der Waals surface area contributed by atoms with E-state index in [0.717, 1.165) is 10.7 Å². The van der Waals surface area contributed by atoms with Gasteiger partial charge in [-0.25, -0.2) is 9.18 Å². The number of benzene rings is 1. The van der Waals surface area contributed by atoms with E-state index >= 15 is 0 Å². The van der Waals surface area contributed by atoms with Gasteiger partial charge in [-0.2, -0.15) is 27.1 Å². The third-order valence-electron chi connectivity index (χ3n) is 5.43. The predicted molar refractivity (Wildman–Crippen MR) is 95.9 cm³/mol. The van der Waals surface area contributed by atoms with Crippen molar-refractivity contribution < 1.29 is 36.2 Å². The monoisotopic (exact) mass is 448 g/mol. The van der Waals surface area contributed by atoms with Gasteiger partial charge < -0.3 is 15.3 Å². The van der Waals surface area contributed by atoms with Crippen molar-refractivity contribution in [3.63, 3.8) is 0 Å². The van der Waals surface area contributed by atoms with Crippen LogP contribution in [0.5, 0.6) is 0 Å². The third-order valence-corrected chi connectivity index (χ3v) is 5.43. The van der Waals surface area contributed by atoms with Gasteiger partial charge in [0.25, 0.3) is 5.92 Å². The molecule has 2 aliphatic heterocycles. The Hall–Kier alpha value is -2.76. The first kappa shape index (κ1) is 21.5. The molecule has 2 aromatic rings. The van der Waals surface area contributed by atoms with E-state index in [1.165, 1.54) is 4.90 Å². The second-order valence-electron chi connectivity index (χ2n) is 7.65. The first-order chi connectivity index (χ1) is 14.5. The van der Waals surface area contributed by atoms with Gasteiger partial charge in [-0.15, -0.1) is 0 Å². The number of fused-ring (bicyclic) bond motifs is 3. The fraction of sp³-hybridized carbons (Fsp3) is 0.474. The average molecular weight is 448 g/mol. The van der Waals surface area contributed by atoms with E-state index in [1.807, 2.05) is 0 Å². The van der Waals surface area contributed by atoms with Gasteiger partial charge in [-0.3, -0.25) is 4.68 Å². The molecule has 6 nitrogen and oxygen atoms in total. The molecule has 0 saturated carbocycles. The van der Waals surface area contributed by atoms with Gasteiger partial charge >= 0.3 is 12.2 Å². The predicted octanol–water partition coefficient (Wildman–Crippen LogP) is 3.88. The van der Waals surface area contributed by atoms with Crippen molar-refractivity contribution in [3.8, 4) is 0 Å². The highest BCUT2D eigenvalue weighted by Crippen LogP contribution is 2.40. The second-order valence-corrected chi connectivity index (χ2v) is 7.65. The van der Waals surface area contributed by atoms with E-state index in [-0.39, 0.29) is 49.4 Å². The van der Waals surface area contributed by atoms with Crippen molar-refractivity contribution in [1.82, 2.24) is 14.7 Å². The summed E-state index contributed by atoms with van der Waals surface area (Å²) in [7, 11) is 0. The largest absolute Gasteiger partial charge is 0.419 e. The van der Waals surface area contributed by atoms with Gasteiger partial charge in [0, 0.05) is 30.6 Å². The van der Waals surface area contributed by atoms with E-state index in [4.69, 9.17) is 0 Å². The molecule has 0 fully saturated rings. The molecule has 2 aliphatic rings. The zero-order valence-corrected chi connectivity index (χ0v) is 16.0. The molecule has 2 N–H and O–H groups in total. The highest BCUT2D eigenvalue weighted by molar-refractivity contribution is 5.89. The number of nitrogens with one attached hydrogen (secondary N) is 1. The smallest absolute Gasteiger partial charge is 0.391 e. The average Bonchev–Trinajstić information content (AvgIpc) is 2.99. The molecular weight excluding hydrogens is 430 g/mol. The molecule has 12 heteroatoms. The Morgan fingerprint density at radius 3 is 2.74 bits per heavy atom. The number of hydrogen-bond acceptors (Lipinski definition) is 3. The van der Waals surface area contributed by atoms with Crippen LogP contribution in [0.15, 0.2) is 18.2 Å². The number of aliphatic hydroxyl groups excluding tert-OH is 1. The molecule has 4 rings (SSSR count). The van der Waals surface area contributed by atoms with Crippen LogP contribution in [0.25, 0.3) is 0 Å². The Balaban J connectivity index is 1.57. The summed E-state index contributed by atoms with van der Waals surface area (Å²) < 4.78 is 82.5. The maximum absolute atomic E-state index is 14.7. The fourth-order valence-corrected chi connectivity index (χ4v) is 3.92. The zero-order chi connectivity index (χ0) is 22.6. The number of amides is 2. The van der Waals surface area contributed by atoms with E-state index < -0.39 is 42.0 Å². The lowest BCUT2D eigenvalue weighted by Crippen LogP contribution is -2.39. The number of carbonyl (C=O) groups excluding carboxylic acids is 1. The number of rotatable bonds is 1. The maximum atomic E-state index is 14.7. The Bertz CT molecular complexity index is 1020. The lowest BCUT2D eigenvalue weighted by Gasteiger charge is -2.28. The number of aromatic nitrogens is 2. The van der Waals surface area contributed by atoms with Crippen LogP contribution in [0.2, 0.25) is 0 Å². The molecule has 1 unspecified atom stereocenters. The molecule has 0 spiro atoms. The lowest BCUT2D eigenvalue weighted by atomic mass is 10.00. The quantitative estimate of drug-likeness (QED) is 0.651. The number of anilines is 1. The van der Waals surface area contributed by atoms with Crippen LogP contribution in [0, 0.1) is 5.82 Å². The molecule has 0 aliphatic carbocycles. The van der Waals surface area contributed by atoms with Gasteiger partial charge in [0.05, 0.1) is 30.5 Å². The highest BCUT2D eigenvalue weighted by Gasteiger charge is 2.43. The van der Waals surface area contributed by atoms with Gasteiger partial charge in [0.1, 0.15) is 11.5 Å². The number of halogens is 6. The van der Waals surface area contributed by atoms with Crippen molar-refractivity contribution in [2.24, 2.45) is 0 Å².